The van der Waals surface area contributed by atoms with Crippen LogP contribution in [0.25, 0.3) is 0 Å². The fourth-order valence-corrected chi connectivity index (χ4v) is 2.58. The van der Waals surface area contributed by atoms with Crippen molar-refractivity contribution in [2.45, 2.75) is 25.9 Å². The van der Waals surface area contributed by atoms with Crippen LogP contribution in [-0.2, 0) is 19.0 Å². The zero-order valence-electron chi connectivity index (χ0n) is 19.0. The summed E-state index contributed by atoms with van der Waals surface area (Å²) in [5.41, 5.74) is -0.366. The third-order valence-electron chi connectivity index (χ3n) is 4.85. The summed E-state index contributed by atoms with van der Waals surface area (Å²) < 4.78 is 57.4. The van der Waals surface area contributed by atoms with Gasteiger partial charge in [0.2, 0.25) is 5.83 Å². The number of methoxy groups -OCH3 is 1. The van der Waals surface area contributed by atoms with Gasteiger partial charge in [0, 0.05) is 17.2 Å². The highest BCUT2D eigenvalue weighted by atomic mass is 19.2. The first-order chi connectivity index (χ1) is 15.4. The van der Waals surface area contributed by atoms with Gasteiger partial charge in [-0.15, -0.1) is 0 Å². The number of ether oxygens (including phenoxy) is 3. The summed E-state index contributed by atoms with van der Waals surface area (Å²) in [5, 5.41) is 0. The summed E-state index contributed by atoms with van der Waals surface area (Å²) in [7, 11) is 1.14. The maximum Gasteiger partial charge on any atom is 0.316 e. The van der Waals surface area contributed by atoms with Crippen LogP contribution in [0.5, 0.6) is 0 Å². The predicted octanol–water partition coefficient (Wildman–Crippen LogP) is 6.80. The van der Waals surface area contributed by atoms with Crippen LogP contribution in [0.4, 0.5) is 13.2 Å². The molecule has 4 nitrogen and oxygen atoms in total. The van der Waals surface area contributed by atoms with Gasteiger partial charge < -0.3 is 14.2 Å². The molecule has 0 saturated carbocycles. The molecule has 1 saturated heterocycles. The summed E-state index contributed by atoms with van der Waals surface area (Å²) in [6.45, 7) is 23.2. The lowest BCUT2D eigenvalue weighted by Crippen LogP contribution is -2.30. The van der Waals surface area contributed by atoms with E-state index in [1.54, 1.807) is 0 Å². The first kappa shape index (κ1) is 27.7. The zero-order chi connectivity index (χ0) is 25.3. The van der Waals surface area contributed by atoms with E-state index in [9.17, 15) is 18.0 Å². The van der Waals surface area contributed by atoms with Crippen molar-refractivity contribution in [1.82, 2.24) is 0 Å². The van der Waals surface area contributed by atoms with Crippen LogP contribution in [0.1, 0.15) is 19.8 Å². The second-order valence-corrected chi connectivity index (χ2v) is 7.39. The van der Waals surface area contributed by atoms with Crippen molar-refractivity contribution in [3.8, 4) is 0 Å². The minimum absolute atomic E-state index is 0.00671. The molecule has 1 fully saturated rings. The molecule has 0 spiro atoms. The molecule has 0 aliphatic carbocycles. The topological polar surface area (TPSA) is 44.8 Å². The minimum Gasteiger partial charge on any atom is -0.494 e. The van der Waals surface area contributed by atoms with Gasteiger partial charge in [-0.05, 0) is 30.9 Å². The molecular formula is C26H29F3O4. The summed E-state index contributed by atoms with van der Waals surface area (Å²) in [6, 6.07) is 0. The second kappa shape index (κ2) is 12.6. The smallest absolute Gasteiger partial charge is 0.316 e. The van der Waals surface area contributed by atoms with Crippen molar-refractivity contribution in [2.24, 2.45) is 5.92 Å². The van der Waals surface area contributed by atoms with Gasteiger partial charge in [0.05, 0.1) is 25.7 Å². The molecule has 0 aromatic rings. The maximum absolute atomic E-state index is 14.5. The molecular weight excluding hydrogens is 433 g/mol. The van der Waals surface area contributed by atoms with E-state index < -0.39 is 35.1 Å². The van der Waals surface area contributed by atoms with E-state index in [1.165, 1.54) is 12.2 Å². The Morgan fingerprint density at radius 1 is 0.939 bits per heavy atom. The Bertz CT molecular complexity index is 958. The van der Waals surface area contributed by atoms with Crippen molar-refractivity contribution in [1.29, 1.82) is 0 Å². The maximum atomic E-state index is 14.5. The van der Waals surface area contributed by atoms with Crippen LogP contribution in [0.2, 0.25) is 0 Å². The zero-order valence-corrected chi connectivity index (χ0v) is 19.0. The highest BCUT2D eigenvalue weighted by Crippen LogP contribution is 2.28. The molecule has 0 bridgehead atoms. The second-order valence-electron chi connectivity index (χ2n) is 7.39. The monoisotopic (exact) mass is 462 g/mol. The highest BCUT2D eigenvalue weighted by molar-refractivity contribution is 5.74. The van der Waals surface area contributed by atoms with Crippen molar-refractivity contribution in [3.05, 3.63) is 109 Å². The van der Waals surface area contributed by atoms with Crippen LogP contribution in [0.3, 0.4) is 0 Å². The molecule has 2 atom stereocenters. The Kier molecular flexibility index (Phi) is 10.6. The van der Waals surface area contributed by atoms with E-state index in [0.29, 0.717) is 6.42 Å². The van der Waals surface area contributed by atoms with Crippen LogP contribution >= 0.6 is 0 Å². The predicted molar refractivity (Wildman–Crippen MR) is 124 cm³/mol. The van der Waals surface area contributed by atoms with Gasteiger partial charge in [-0.3, -0.25) is 4.79 Å². The number of carbonyl (C=O) groups is 1. The van der Waals surface area contributed by atoms with Crippen LogP contribution in [-0.4, -0.2) is 25.8 Å². The lowest BCUT2D eigenvalue weighted by atomic mass is 9.99. The van der Waals surface area contributed by atoms with Gasteiger partial charge in [-0.1, -0.05) is 51.6 Å². The van der Waals surface area contributed by atoms with Gasteiger partial charge in [0.1, 0.15) is 17.3 Å². The molecule has 1 rings (SSSR count). The number of hydrogen-bond donors (Lipinski definition) is 0. The average Bonchev–Trinajstić information content (AvgIpc) is 2.79. The number of esters is 1. The Morgan fingerprint density at radius 2 is 1.52 bits per heavy atom. The van der Waals surface area contributed by atoms with Gasteiger partial charge in [-0.2, -0.15) is 4.39 Å². The van der Waals surface area contributed by atoms with E-state index in [1.807, 2.05) is 6.92 Å². The fourth-order valence-electron chi connectivity index (χ4n) is 2.58. The van der Waals surface area contributed by atoms with E-state index in [0.717, 1.165) is 19.6 Å². The largest absolute Gasteiger partial charge is 0.494 e. The van der Waals surface area contributed by atoms with Crippen LogP contribution in [0, 0.1) is 5.92 Å². The van der Waals surface area contributed by atoms with E-state index >= 15 is 0 Å². The molecule has 7 heteroatoms. The van der Waals surface area contributed by atoms with Gasteiger partial charge in [0.25, 0.3) is 0 Å². The standard InChI is InChI=1S/C26H29F3O4/c1-15(9-10-16(2)20(6)24(28)25(29)21(7)31-8)19(5)23(27)13-18(4)33-26(30)22-12-11-17(3)32-14-22/h9-10,13,17,22H,1-2,4-7,11-12,14H2,3,8H3/b10-9-,23-13+,25-24-. The SMILES string of the molecule is C=C(/C=C(/F)C(=C)C(=C)/C=C\C(=C)C(=C)/C(F)=C(/F)C(=C)OC)OC(=O)C1CCC(C)OC1. The van der Waals surface area contributed by atoms with Crippen LogP contribution < -0.4 is 0 Å². The first-order valence-corrected chi connectivity index (χ1v) is 10.0. The lowest BCUT2D eigenvalue weighted by molar-refractivity contribution is -0.149. The Labute approximate surface area is 193 Å². The Morgan fingerprint density at radius 3 is 2.03 bits per heavy atom. The van der Waals surface area contributed by atoms with Crippen molar-refractivity contribution in [3.63, 3.8) is 0 Å². The number of allylic oxidation sites excluding steroid dienone is 10. The van der Waals surface area contributed by atoms with Gasteiger partial charge in [-0.25, -0.2) is 8.78 Å². The number of hydrogen-bond acceptors (Lipinski definition) is 4. The number of rotatable bonds is 11. The third kappa shape index (κ3) is 8.27. The molecule has 1 heterocycles. The highest BCUT2D eigenvalue weighted by Gasteiger charge is 2.26. The average molecular weight is 463 g/mol. The first-order valence-electron chi connectivity index (χ1n) is 10.0. The van der Waals surface area contributed by atoms with Crippen LogP contribution in [0.15, 0.2) is 109 Å². The molecule has 0 aromatic heterocycles. The van der Waals surface area contributed by atoms with E-state index in [2.05, 4.69) is 44.2 Å². The summed E-state index contributed by atoms with van der Waals surface area (Å²) in [6.07, 6.45) is 4.90. The molecule has 178 valence electrons. The van der Waals surface area contributed by atoms with Crippen molar-refractivity contribution < 1.29 is 32.2 Å². The van der Waals surface area contributed by atoms with E-state index in [-0.39, 0.29) is 40.8 Å². The molecule has 0 N–H and O–H groups in total. The molecule has 1 aliphatic heterocycles. The van der Waals surface area contributed by atoms with E-state index in [4.69, 9.17) is 9.47 Å². The van der Waals surface area contributed by atoms with Gasteiger partial charge in [0.15, 0.2) is 5.83 Å². The third-order valence-corrected chi connectivity index (χ3v) is 4.85. The summed E-state index contributed by atoms with van der Waals surface area (Å²) >= 11 is 0. The molecule has 0 radical (unpaired) electrons. The quantitative estimate of drug-likeness (QED) is 0.192. The molecule has 0 amide bonds. The summed E-state index contributed by atoms with van der Waals surface area (Å²) in [4.78, 5) is 12.1. The van der Waals surface area contributed by atoms with Crippen molar-refractivity contribution in [2.75, 3.05) is 13.7 Å². The van der Waals surface area contributed by atoms with Crippen molar-refractivity contribution >= 4 is 5.97 Å². The molecule has 2 unspecified atom stereocenters. The Hall–Kier alpha value is -3.32. The number of carbonyl (C=O) groups excluding carboxylic acids is 1. The molecule has 0 aromatic carbocycles. The van der Waals surface area contributed by atoms with Gasteiger partial charge >= 0.3 is 5.97 Å². The minimum atomic E-state index is -1.31. The Balaban J connectivity index is 2.73. The normalized spacial score (nSPS) is 19.4. The summed E-state index contributed by atoms with van der Waals surface area (Å²) in [5.74, 6) is -5.12. The molecule has 1 aliphatic rings. The fraction of sp³-hybridized carbons (Fsp3) is 0.269. The molecule has 33 heavy (non-hydrogen) atoms. The lowest BCUT2D eigenvalue weighted by Gasteiger charge is -2.25. The number of halogens is 3.